The van der Waals surface area contributed by atoms with E-state index in [1.54, 1.807) is 0 Å². The van der Waals surface area contributed by atoms with E-state index in [0.717, 1.165) is 7.11 Å². The zero-order chi connectivity index (χ0) is 14.8. The standard InChI is InChI=1S/C9H6F7NO2/c1-18-5-2-4(3-10)7(19-9(14,15)16)17-6(5)8(11,12)13/h2H,3H2,1H3. The molecule has 108 valence electrons. The summed E-state index contributed by atoms with van der Waals surface area (Å²) >= 11 is 0. The van der Waals surface area contributed by atoms with E-state index in [0.29, 0.717) is 6.07 Å². The van der Waals surface area contributed by atoms with E-state index < -0.39 is 42.1 Å². The quantitative estimate of drug-likeness (QED) is 0.800. The molecule has 1 rings (SSSR count). The molecule has 0 amide bonds. The lowest BCUT2D eigenvalue weighted by molar-refractivity contribution is -0.276. The van der Waals surface area contributed by atoms with Crippen molar-refractivity contribution in [3.63, 3.8) is 0 Å². The minimum Gasteiger partial charge on any atom is -0.494 e. The second-order valence-corrected chi connectivity index (χ2v) is 3.18. The Hall–Kier alpha value is -1.74. The Morgan fingerprint density at radius 2 is 1.74 bits per heavy atom. The normalized spacial score (nSPS) is 12.4. The van der Waals surface area contributed by atoms with E-state index in [1.165, 1.54) is 0 Å². The Morgan fingerprint density at radius 3 is 2.11 bits per heavy atom. The first-order chi connectivity index (χ1) is 8.58. The van der Waals surface area contributed by atoms with Crippen LogP contribution in [-0.4, -0.2) is 18.5 Å². The first-order valence-corrected chi connectivity index (χ1v) is 4.55. The summed E-state index contributed by atoms with van der Waals surface area (Å²) in [6.07, 6.45) is -10.3. The number of halogens is 7. The number of nitrogens with zero attached hydrogens (tertiary/aromatic N) is 1. The highest BCUT2D eigenvalue weighted by molar-refractivity contribution is 5.40. The van der Waals surface area contributed by atoms with Crippen LogP contribution in [0.25, 0.3) is 0 Å². The van der Waals surface area contributed by atoms with Crippen molar-refractivity contribution in [2.45, 2.75) is 19.2 Å². The SMILES string of the molecule is COc1cc(CF)c(OC(F)(F)F)nc1C(F)(F)F. The first-order valence-electron chi connectivity index (χ1n) is 4.55. The number of hydrogen-bond donors (Lipinski definition) is 0. The maximum Gasteiger partial charge on any atom is 0.574 e. The number of pyridine rings is 1. The van der Waals surface area contributed by atoms with Crippen molar-refractivity contribution in [3.05, 3.63) is 17.3 Å². The molecule has 10 heteroatoms. The molecule has 0 saturated carbocycles. The maximum absolute atomic E-state index is 12.5. The minimum absolute atomic E-state index is 0.455. The third-order valence-electron chi connectivity index (χ3n) is 1.87. The Balaban J connectivity index is 3.38. The molecule has 1 aromatic rings. The monoisotopic (exact) mass is 293 g/mol. The first kappa shape index (κ1) is 15.3. The smallest absolute Gasteiger partial charge is 0.494 e. The molecule has 1 aromatic heterocycles. The van der Waals surface area contributed by atoms with E-state index >= 15 is 0 Å². The van der Waals surface area contributed by atoms with E-state index in [-0.39, 0.29) is 0 Å². The highest BCUT2D eigenvalue weighted by atomic mass is 19.4. The fraction of sp³-hybridized carbons (Fsp3) is 0.444. The topological polar surface area (TPSA) is 31.4 Å². The van der Waals surface area contributed by atoms with E-state index in [2.05, 4.69) is 14.5 Å². The summed E-state index contributed by atoms with van der Waals surface area (Å²) in [5.41, 5.74) is -2.53. The van der Waals surface area contributed by atoms with Crippen LogP contribution in [0.5, 0.6) is 11.6 Å². The van der Waals surface area contributed by atoms with Crippen LogP contribution in [0, 0.1) is 0 Å². The minimum atomic E-state index is -5.28. The average molecular weight is 293 g/mol. The third kappa shape index (κ3) is 3.86. The van der Waals surface area contributed by atoms with Crippen LogP contribution in [-0.2, 0) is 12.9 Å². The van der Waals surface area contributed by atoms with Gasteiger partial charge in [0.25, 0.3) is 0 Å². The molecule has 0 fully saturated rings. The summed E-state index contributed by atoms with van der Waals surface area (Å²) in [5, 5.41) is 0. The lowest BCUT2D eigenvalue weighted by Crippen LogP contribution is -2.21. The zero-order valence-electron chi connectivity index (χ0n) is 9.19. The van der Waals surface area contributed by atoms with Gasteiger partial charge in [-0.3, -0.25) is 0 Å². The van der Waals surface area contributed by atoms with Crippen molar-refractivity contribution in [3.8, 4) is 11.6 Å². The molecule has 0 bridgehead atoms. The van der Waals surface area contributed by atoms with Crippen LogP contribution in [0.1, 0.15) is 11.3 Å². The fourth-order valence-corrected chi connectivity index (χ4v) is 1.17. The number of aromatic nitrogens is 1. The van der Waals surface area contributed by atoms with Crippen molar-refractivity contribution in [2.75, 3.05) is 7.11 Å². The molecule has 0 aliphatic heterocycles. The van der Waals surface area contributed by atoms with Gasteiger partial charge in [-0.1, -0.05) is 0 Å². The van der Waals surface area contributed by atoms with Gasteiger partial charge in [0.1, 0.15) is 12.4 Å². The molecular formula is C9H6F7NO2. The molecule has 19 heavy (non-hydrogen) atoms. The van der Waals surface area contributed by atoms with E-state index in [4.69, 9.17) is 0 Å². The zero-order valence-corrected chi connectivity index (χ0v) is 9.19. The molecule has 0 saturated heterocycles. The number of ether oxygens (including phenoxy) is 2. The second kappa shape index (κ2) is 5.10. The molecule has 0 aliphatic rings. The van der Waals surface area contributed by atoms with Gasteiger partial charge in [0.05, 0.1) is 7.11 Å². The third-order valence-corrected chi connectivity index (χ3v) is 1.87. The summed E-state index contributed by atoms with van der Waals surface area (Å²) in [6, 6.07) is 0.455. The maximum atomic E-state index is 12.5. The van der Waals surface area contributed by atoms with Crippen LogP contribution in [0.15, 0.2) is 6.07 Å². The van der Waals surface area contributed by atoms with Gasteiger partial charge in [0.15, 0.2) is 5.69 Å². The summed E-state index contributed by atoms with van der Waals surface area (Å²) in [4.78, 5) is 2.64. The Kier molecular flexibility index (Phi) is 4.11. The lowest BCUT2D eigenvalue weighted by atomic mass is 10.2. The Morgan fingerprint density at radius 1 is 1.16 bits per heavy atom. The lowest BCUT2D eigenvalue weighted by Gasteiger charge is -2.16. The summed E-state index contributed by atoms with van der Waals surface area (Å²) in [5.74, 6) is -2.39. The van der Waals surface area contributed by atoms with Gasteiger partial charge >= 0.3 is 12.5 Å². The van der Waals surface area contributed by atoms with Crippen molar-refractivity contribution in [1.82, 2.24) is 4.98 Å². The van der Waals surface area contributed by atoms with Gasteiger partial charge in [-0.2, -0.15) is 13.2 Å². The molecule has 1 heterocycles. The Bertz CT molecular complexity index is 455. The molecular weight excluding hydrogens is 287 g/mol. The van der Waals surface area contributed by atoms with Gasteiger partial charge < -0.3 is 9.47 Å². The van der Waals surface area contributed by atoms with Crippen molar-refractivity contribution in [1.29, 1.82) is 0 Å². The van der Waals surface area contributed by atoms with Gasteiger partial charge in [0.2, 0.25) is 5.88 Å². The van der Waals surface area contributed by atoms with Crippen molar-refractivity contribution in [2.24, 2.45) is 0 Å². The van der Waals surface area contributed by atoms with Gasteiger partial charge in [-0.25, -0.2) is 9.37 Å². The molecule has 0 aromatic carbocycles. The van der Waals surface area contributed by atoms with Gasteiger partial charge in [-0.05, 0) is 6.07 Å². The second-order valence-electron chi connectivity index (χ2n) is 3.18. The largest absolute Gasteiger partial charge is 0.574 e. The number of alkyl halides is 7. The van der Waals surface area contributed by atoms with E-state index in [1.807, 2.05) is 0 Å². The predicted octanol–water partition coefficient (Wildman–Crippen LogP) is 3.48. The van der Waals surface area contributed by atoms with Crippen LogP contribution in [0.2, 0.25) is 0 Å². The molecule has 0 spiro atoms. The fourth-order valence-electron chi connectivity index (χ4n) is 1.17. The Labute approximate surface area is 101 Å². The number of rotatable bonds is 3. The number of hydrogen-bond acceptors (Lipinski definition) is 3. The predicted molar refractivity (Wildman–Crippen MR) is 47.3 cm³/mol. The van der Waals surface area contributed by atoms with Crippen LogP contribution < -0.4 is 9.47 Å². The van der Waals surface area contributed by atoms with Crippen LogP contribution in [0.4, 0.5) is 30.7 Å². The average Bonchev–Trinajstić information content (AvgIpc) is 2.25. The molecule has 0 N–H and O–H groups in total. The molecule has 0 aliphatic carbocycles. The van der Waals surface area contributed by atoms with Gasteiger partial charge in [-0.15, -0.1) is 13.2 Å². The molecule has 0 atom stereocenters. The highest BCUT2D eigenvalue weighted by Crippen LogP contribution is 2.38. The molecule has 0 unspecified atom stereocenters. The summed E-state index contributed by atoms with van der Waals surface area (Å²) < 4.78 is 93.5. The van der Waals surface area contributed by atoms with Crippen molar-refractivity contribution >= 4 is 0 Å². The van der Waals surface area contributed by atoms with Gasteiger partial charge in [0, 0.05) is 5.56 Å². The van der Waals surface area contributed by atoms with E-state index in [9.17, 15) is 30.7 Å². The highest BCUT2D eigenvalue weighted by Gasteiger charge is 2.40. The summed E-state index contributed by atoms with van der Waals surface area (Å²) in [6.45, 7) is -1.49. The summed E-state index contributed by atoms with van der Waals surface area (Å²) in [7, 11) is 0.846. The van der Waals surface area contributed by atoms with Crippen LogP contribution in [0.3, 0.4) is 0 Å². The molecule has 0 radical (unpaired) electrons. The molecule has 3 nitrogen and oxygen atoms in total. The van der Waals surface area contributed by atoms with Crippen molar-refractivity contribution < 1.29 is 40.2 Å². The van der Waals surface area contributed by atoms with Crippen LogP contribution >= 0.6 is 0 Å². The number of methoxy groups -OCH3 is 1.